The van der Waals surface area contributed by atoms with Gasteiger partial charge in [0.25, 0.3) is 0 Å². The van der Waals surface area contributed by atoms with Gasteiger partial charge in [-0.3, -0.25) is 4.90 Å². The zero-order chi connectivity index (χ0) is 18.9. The second-order valence-corrected chi connectivity index (χ2v) is 9.98. The van der Waals surface area contributed by atoms with Gasteiger partial charge in [0.2, 0.25) is 10.0 Å². The Kier molecular flexibility index (Phi) is 5.10. The molecule has 144 valence electrons. The molecule has 27 heavy (non-hydrogen) atoms. The van der Waals surface area contributed by atoms with Gasteiger partial charge in [0.05, 0.1) is 4.90 Å². The van der Waals surface area contributed by atoms with Gasteiger partial charge < -0.3 is 0 Å². The zero-order valence-corrected chi connectivity index (χ0v) is 16.7. The predicted octanol–water partition coefficient (Wildman–Crippen LogP) is 3.72. The molecule has 0 unspecified atom stereocenters. The van der Waals surface area contributed by atoms with Gasteiger partial charge in [0.15, 0.2) is 0 Å². The maximum absolute atomic E-state index is 13.0. The molecule has 1 N–H and O–H groups in total. The van der Waals surface area contributed by atoms with E-state index in [1.165, 1.54) is 5.56 Å². The molecule has 2 aromatic carbocycles. The van der Waals surface area contributed by atoms with Crippen molar-refractivity contribution < 1.29 is 8.42 Å². The zero-order valence-electron chi connectivity index (χ0n) is 15.9. The van der Waals surface area contributed by atoms with Gasteiger partial charge in [0, 0.05) is 25.2 Å². The lowest BCUT2D eigenvalue weighted by Gasteiger charge is -2.38. The van der Waals surface area contributed by atoms with Crippen molar-refractivity contribution in [2.75, 3.05) is 13.1 Å². The first kappa shape index (κ1) is 18.7. The van der Waals surface area contributed by atoms with E-state index in [0.29, 0.717) is 10.8 Å². The quantitative estimate of drug-likeness (QED) is 0.855. The molecule has 0 radical (unpaired) electrons. The Bertz CT molecular complexity index is 870. The number of rotatable bonds is 5. The van der Waals surface area contributed by atoms with Crippen molar-refractivity contribution >= 4 is 10.0 Å². The standard InChI is InChI=1S/C22H28N2O2S/c1-18-7-9-21(10-8-18)27(25,26)23-22-13-11-20(12-14-22)16-24(17-22)15-19-5-3-2-4-6-19/h2-10,20,23H,11-17H2,1H3. The van der Waals surface area contributed by atoms with Gasteiger partial charge in [-0.05, 0) is 56.2 Å². The molecule has 0 spiro atoms. The molecule has 2 bridgehead atoms. The number of sulfonamides is 1. The van der Waals surface area contributed by atoms with Gasteiger partial charge in [-0.25, -0.2) is 13.1 Å². The molecule has 2 saturated heterocycles. The Balaban J connectivity index is 1.55. The van der Waals surface area contributed by atoms with Crippen molar-refractivity contribution in [3.05, 3.63) is 65.7 Å². The van der Waals surface area contributed by atoms with Gasteiger partial charge >= 0.3 is 0 Å². The lowest BCUT2D eigenvalue weighted by atomic mass is 9.79. The van der Waals surface area contributed by atoms with E-state index in [0.717, 1.165) is 50.9 Å². The molecular weight excluding hydrogens is 356 g/mol. The van der Waals surface area contributed by atoms with Crippen LogP contribution >= 0.6 is 0 Å². The molecule has 2 aliphatic heterocycles. The summed E-state index contributed by atoms with van der Waals surface area (Å²) in [6, 6.07) is 17.6. The van der Waals surface area contributed by atoms with Crippen molar-refractivity contribution in [2.24, 2.45) is 5.92 Å². The fraction of sp³-hybridized carbons (Fsp3) is 0.455. The van der Waals surface area contributed by atoms with Crippen LogP contribution in [-0.2, 0) is 16.6 Å². The van der Waals surface area contributed by atoms with Crippen molar-refractivity contribution in [2.45, 2.75) is 49.6 Å². The monoisotopic (exact) mass is 384 g/mol. The SMILES string of the molecule is Cc1ccc(S(=O)(=O)NC23CCC(CC2)CN(Cc2ccccc2)C3)cc1. The first-order chi connectivity index (χ1) is 12.9. The Morgan fingerprint density at radius 1 is 1.04 bits per heavy atom. The van der Waals surface area contributed by atoms with E-state index in [9.17, 15) is 8.42 Å². The third kappa shape index (κ3) is 4.26. The molecule has 0 amide bonds. The number of hydrogen-bond acceptors (Lipinski definition) is 3. The fourth-order valence-corrected chi connectivity index (χ4v) is 6.04. The summed E-state index contributed by atoms with van der Waals surface area (Å²) in [5, 5.41) is 0. The topological polar surface area (TPSA) is 49.4 Å². The van der Waals surface area contributed by atoms with Gasteiger partial charge in [-0.15, -0.1) is 0 Å². The largest absolute Gasteiger partial charge is 0.297 e. The Labute approximate surface area is 162 Å². The molecular formula is C22H28N2O2S. The molecule has 2 aromatic rings. The highest BCUT2D eigenvalue weighted by atomic mass is 32.2. The summed E-state index contributed by atoms with van der Waals surface area (Å²) in [7, 11) is -3.51. The number of fused-ring (bicyclic) bond motifs is 4. The third-order valence-electron chi connectivity index (χ3n) is 6.04. The molecule has 4 nitrogen and oxygen atoms in total. The van der Waals surface area contributed by atoms with Crippen molar-refractivity contribution in [3.63, 3.8) is 0 Å². The summed E-state index contributed by atoms with van der Waals surface area (Å²) in [5.74, 6) is 0.674. The van der Waals surface area contributed by atoms with E-state index in [-0.39, 0.29) is 5.54 Å². The number of benzene rings is 2. The second kappa shape index (κ2) is 7.38. The van der Waals surface area contributed by atoms with E-state index < -0.39 is 10.0 Å². The lowest BCUT2D eigenvalue weighted by molar-refractivity contribution is 0.212. The highest BCUT2D eigenvalue weighted by molar-refractivity contribution is 7.89. The molecule has 3 fully saturated rings. The minimum atomic E-state index is -3.51. The Morgan fingerprint density at radius 2 is 1.70 bits per heavy atom. The first-order valence-corrected chi connectivity index (χ1v) is 11.3. The molecule has 1 aliphatic carbocycles. The predicted molar refractivity (Wildman–Crippen MR) is 108 cm³/mol. The van der Waals surface area contributed by atoms with Gasteiger partial charge in [-0.2, -0.15) is 0 Å². The highest BCUT2D eigenvalue weighted by Gasteiger charge is 2.43. The maximum atomic E-state index is 13.0. The number of hydrogen-bond donors (Lipinski definition) is 1. The van der Waals surface area contributed by atoms with E-state index in [1.807, 2.05) is 25.1 Å². The summed E-state index contributed by atoms with van der Waals surface area (Å²) in [4.78, 5) is 2.81. The molecule has 5 rings (SSSR count). The Morgan fingerprint density at radius 3 is 2.37 bits per heavy atom. The van der Waals surface area contributed by atoms with Crippen LogP contribution in [0.3, 0.4) is 0 Å². The molecule has 5 heteroatoms. The van der Waals surface area contributed by atoms with Crippen LogP contribution in [-0.4, -0.2) is 31.9 Å². The molecule has 0 atom stereocenters. The van der Waals surface area contributed by atoms with E-state index in [2.05, 4.69) is 33.9 Å². The number of nitrogens with zero attached hydrogens (tertiary/aromatic N) is 1. The van der Waals surface area contributed by atoms with E-state index in [1.54, 1.807) is 12.1 Å². The second-order valence-electron chi connectivity index (χ2n) is 8.30. The summed E-state index contributed by atoms with van der Waals surface area (Å²) in [6.07, 6.45) is 4.05. The first-order valence-electron chi connectivity index (χ1n) is 9.81. The minimum Gasteiger partial charge on any atom is -0.297 e. The third-order valence-corrected chi connectivity index (χ3v) is 7.63. The molecule has 3 aliphatic rings. The van der Waals surface area contributed by atoms with E-state index in [4.69, 9.17) is 0 Å². The molecule has 0 aromatic heterocycles. The van der Waals surface area contributed by atoms with Crippen LogP contribution in [0.4, 0.5) is 0 Å². The molecule has 1 saturated carbocycles. The van der Waals surface area contributed by atoms with Crippen molar-refractivity contribution in [1.82, 2.24) is 9.62 Å². The van der Waals surface area contributed by atoms with Crippen LogP contribution in [0.1, 0.15) is 36.8 Å². The average molecular weight is 385 g/mol. The van der Waals surface area contributed by atoms with Crippen molar-refractivity contribution in [3.8, 4) is 0 Å². The summed E-state index contributed by atoms with van der Waals surface area (Å²) in [6.45, 7) is 4.69. The summed E-state index contributed by atoms with van der Waals surface area (Å²) >= 11 is 0. The normalized spacial score (nSPS) is 26.0. The molecule has 2 heterocycles. The highest BCUT2D eigenvalue weighted by Crippen LogP contribution is 2.38. The Hall–Kier alpha value is -1.69. The minimum absolute atomic E-state index is 0.356. The van der Waals surface area contributed by atoms with E-state index >= 15 is 0 Å². The van der Waals surface area contributed by atoms with Crippen LogP contribution in [0.25, 0.3) is 0 Å². The van der Waals surface area contributed by atoms with Crippen LogP contribution in [0.2, 0.25) is 0 Å². The number of aryl methyl sites for hydroxylation is 1. The van der Waals surface area contributed by atoms with Gasteiger partial charge in [0.1, 0.15) is 0 Å². The maximum Gasteiger partial charge on any atom is 0.241 e. The van der Waals surface area contributed by atoms with Crippen LogP contribution in [0, 0.1) is 12.8 Å². The average Bonchev–Trinajstić information content (AvgIpc) is 2.91. The number of nitrogens with one attached hydrogen (secondary N) is 1. The smallest absolute Gasteiger partial charge is 0.241 e. The summed E-state index contributed by atoms with van der Waals surface area (Å²) < 4.78 is 29.2. The van der Waals surface area contributed by atoms with Gasteiger partial charge in [-0.1, -0.05) is 48.0 Å². The van der Waals surface area contributed by atoms with Crippen LogP contribution in [0.15, 0.2) is 59.5 Å². The lowest BCUT2D eigenvalue weighted by Crippen LogP contribution is -2.54. The fourth-order valence-electron chi connectivity index (χ4n) is 4.59. The van der Waals surface area contributed by atoms with Crippen LogP contribution < -0.4 is 4.72 Å². The van der Waals surface area contributed by atoms with Crippen LogP contribution in [0.5, 0.6) is 0 Å². The van der Waals surface area contributed by atoms with Crippen molar-refractivity contribution in [1.29, 1.82) is 0 Å². The summed E-state index contributed by atoms with van der Waals surface area (Å²) in [5.41, 5.74) is 2.00.